The molecule has 5 N–H and O–H groups in total. The maximum absolute atomic E-state index is 12.9. The number of hydrogen-bond donors (Lipinski definition) is 4. The molecule has 1 aliphatic carbocycles. The van der Waals surface area contributed by atoms with E-state index >= 15 is 0 Å². The fraction of sp³-hybridized carbons (Fsp3) is 0.200. The summed E-state index contributed by atoms with van der Waals surface area (Å²) in [5.41, 5.74) is 10.2. The van der Waals surface area contributed by atoms with Crippen molar-refractivity contribution in [1.82, 2.24) is 15.4 Å². The number of nitrogens with one attached hydrogen (secondary N) is 3. The number of amides is 2. The molecule has 0 unspecified atom stereocenters. The highest BCUT2D eigenvalue weighted by atomic mass is 35.5. The quantitative estimate of drug-likeness (QED) is 0.181. The monoisotopic (exact) mass is 540 g/mol. The van der Waals surface area contributed by atoms with Crippen LogP contribution in [0.2, 0.25) is 5.02 Å². The molecule has 37 heavy (non-hydrogen) atoms. The number of aromatic amines is 1. The van der Waals surface area contributed by atoms with E-state index in [-0.39, 0.29) is 16.6 Å². The summed E-state index contributed by atoms with van der Waals surface area (Å²) in [7, 11) is -4.06. The lowest BCUT2D eigenvalue weighted by atomic mass is 10.2. The summed E-state index contributed by atoms with van der Waals surface area (Å²) in [6, 6.07) is 17.5. The minimum Gasteiger partial charge on any atom is -0.382 e. The second-order valence-electron chi connectivity index (χ2n) is 8.72. The van der Waals surface area contributed by atoms with E-state index < -0.39 is 16.1 Å². The first-order valence-electron chi connectivity index (χ1n) is 11.7. The van der Waals surface area contributed by atoms with E-state index in [1.807, 2.05) is 0 Å². The van der Waals surface area contributed by atoms with E-state index in [1.165, 1.54) is 42.1 Å². The number of benzene rings is 3. The molecule has 0 aliphatic heterocycles. The largest absolute Gasteiger partial charge is 0.382 e. The van der Waals surface area contributed by atoms with Gasteiger partial charge in [-0.15, -0.1) is 0 Å². The third-order valence-electron chi connectivity index (χ3n) is 6.02. The van der Waals surface area contributed by atoms with E-state index in [1.54, 1.807) is 42.5 Å². The number of halogens is 1. The standard InChI is InChI=1S/C25H25ClN6O4S/c26-16-4-3-7-19(14-16)32(31-24(27)33)25-29-22-13-10-20(15-23(22)30-25)36-37(34,35)21-11-8-18(9-12-21)28-17-5-1-2-6-17/h3-4,7-15,17,28H,1-2,5-6H2,(H,29,30)(H3,27,31,33). The van der Waals surface area contributed by atoms with Gasteiger partial charge in [0, 0.05) is 22.8 Å². The van der Waals surface area contributed by atoms with Gasteiger partial charge in [0.1, 0.15) is 10.6 Å². The van der Waals surface area contributed by atoms with Gasteiger partial charge < -0.3 is 20.2 Å². The molecule has 0 bridgehead atoms. The summed E-state index contributed by atoms with van der Waals surface area (Å²) in [5, 5.41) is 5.23. The van der Waals surface area contributed by atoms with Crippen molar-refractivity contribution in [3.8, 4) is 5.75 Å². The van der Waals surface area contributed by atoms with Crippen LogP contribution in [-0.4, -0.2) is 30.5 Å². The number of urea groups is 1. The van der Waals surface area contributed by atoms with Gasteiger partial charge in [0.2, 0.25) is 5.95 Å². The molecule has 5 rings (SSSR count). The van der Waals surface area contributed by atoms with Crippen molar-refractivity contribution in [1.29, 1.82) is 0 Å². The van der Waals surface area contributed by atoms with Crippen molar-refractivity contribution >= 4 is 56.1 Å². The number of hydrogen-bond acceptors (Lipinski definition) is 7. The molecular weight excluding hydrogens is 516 g/mol. The molecular formula is C25H25ClN6O4S. The van der Waals surface area contributed by atoms with Crippen LogP contribution in [0.4, 0.5) is 22.1 Å². The molecule has 0 saturated heterocycles. The molecule has 0 atom stereocenters. The summed E-state index contributed by atoms with van der Waals surface area (Å²) in [4.78, 5) is 19.2. The van der Waals surface area contributed by atoms with Crippen molar-refractivity contribution in [2.75, 3.05) is 10.3 Å². The smallest absolute Gasteiger partial charge is 0.339 e. The Morgan fingerprint density at radius 3 is 2.54 bits per heavy atom. The summed E-state index contributed by atoms with van der Waals surface area (Å²) in [5.74, 6) is 0.331. The predicted octanol–water partition coefficient (Wildman–Crippen LogP) is 5.06. The van der Waals surface area contributed by atoms with Gasteiger partial charge in [-0.05, 0) is 67.4 Å². The Labute approximate surface area is 218 Å². The molecule has 192 valence electrons. The van der Waals surface area contributed by atoms with Gasteiger partial charge >= 0.3 is 16.1 Å². The molecule has 1 heterocycles. The number of fused-ring (bicyclic) bond motifs is 1. The number of primary amides is 1. The maximum Gasteiger partial charge on any atom is 0.339 e. The predicted molar refractivity (Wildman–Crippen MR) is 143 cm³/mol. The minimum absolute atomic E-state index is 0.0464. The van der Waals surface area contributed by atoms with Crippen molar-refractivity contribution in [3.63, 3.8) is 0 Å². The molecule has 10 nitrogen and oxygen atoms in total. The van der Waals surface area contributed by atoms with Crippen LogP contribution in [0.25, 0.3) is 11.0 Å². The number of anilines is 3. The maximum atomic E-state index is 12.9. The van der Waals surface area contributed by atoms with Crippen molar-refractivity contribution in [2.24, 2.45) is 5.73 Å². The minimum atomic E-state index is -4.06. The molecule has 12 heteroatoms. The van der Waals surface area contributed by atoms with Crippen LogP contribution in [0, 0.1) is 0 Å². The van der Waals surface area contributed by atoms with E-state index in [0.717, 1.165) is 18.5 Å². The van der Waals surface area contributed by atoms with Crippen molar-refractivity contribution < 1.29 is 17.4 Å². The molecule has 4 aromatic rings. The van der Waals surface area contributed by atoms with Crippen LogP contribution >= 0.6 is 11.6 Å². The normalized spacial score (nSPS) is 14.0. The average molecular weight is 541 g/mol. The first-order valence-corrected chi connectivity index (χ1v) is 13.5. The third kappa shape index (κ3) is 5.73. The Morgan fingerprint density at radius 1 is 1.08 bits per heavy atom. The van der Waals surface area contributed by atoms with E-state index in [4.69, 9.17) is 21.5 Å². The molecule has 1 fully saturated rings. The Kier molecular flexibility index (Phi) is 6.81. The first-order chi connectivity index (χ1) is 17.8. The van der Waals surface area contributed by atoms with Crippen LogP contribution in [0.3, 0.4) is 0 Å². The van der Waals surface area contributed by atoms with Crippen LogP contribution in [0.15, 0.2) is 71.6 Å². The number of carbonyl (C=O) groups excluding carboxylic acids is 1. The number of rotatable bonds is 8. The van der Waals surface area contributed by atoms with Crippen LogP contribution in [0.1, 0.15) is 25.7 Å². The van der Waals surface area contributed by atoms with Crippen molar-refractivity contribution in [3.05, 3.63) is 71.8 Å². The molecule has 2 amide bonds. The number of nitrogens with zero attached hydrogens (tertiary/aromatic N) is 2. The highest BCUT2D eigenvalue weighted by Crippen LogP contribution is 2.29. The number of imidazole rings is 1. The lowest BCUT2D eigenvalue weighted by Gasteiger charge is -2.21. The lowest BCUT2D eigenvalue weighted by Crippen LogP contribution is -2.42. The van der Waals surface area contributed by atoms with Gasteiger partial charge in [0.15, 0.2) is 0 Å². The average Bonchev–Trinajstić information content (AvgIpc) is 3.52. The number of nitrogens with two attached hydrogens (primary N) is 1. The van der Waals surface area contributed by atoms with Gasteiger partial charge in [0.05, 0.1) is 16.7 Å². The van der Waals surface area contributed by atoms with Gasteiger partial charge in [-0.1, -0.05) is 30.5 Å². The topological polar surface area (TPSA) is 142 Å². The van der Waals surface area contributed by atoms with E-state index in [0.29, 0.717) is 27.8 Å². The van der Waals surface area contributed by atoms with Crippen LogP contribution in [-0.2, 0) is 10.1 Å². The lowest BCUT2D eigenvalue weighted by molar-refractivity contribution is 0.249. The molecule has 1 aliphatic rings. The van der Waals surface area contributed by atoms with Gasteiger partial charge in [0.25, 0.3) is 0 Å². The number of H-pyrrole nitrogens is 1. The summed E-state index contributed by atoms with van der Waals surface area (Å²) in [6.07, 6.45) is 4.66. The molecule has 3 aromatic carbocycles. The SMILES string of the molecule is NC(=O)NN(c1cccc(Cl)c1)c1nc2cc(OS(=O)(=O)c3ccc(NC4CCCC4)cc3)ccc2[nH]1. The van der Waals surface area contributed by atoms with E-state index in [9.17, 15) is 13.2 Å². The molecule has 0 radical (unpaired) electrons. The third-order valence-corrected chi connectivity index (χ3v) is 7.51. The Balaban J connectivity index is 1.36. The highest BCUT2D eigenvalue weighted by Gasteiger charge is 2.20. The molecule has 0 spiro atoms. The van der Waals surface area contributed by atoms with Gasteiger partial charge in [-0.2, -0.15) is 8.42 Å². The van der Waals surface area contributed by atoms with Crippen LogP contribution < -0.4 is 25.7 Å². The highest BCUT2D eigenvalue weighted by molar-refractivity contribution is 7.87. The van der Waals surface area contributed by atoms with Gasteiger partial charge in [-0.25, -0.2) is 20.2 Å². The van der Waals surface area contributed by atoms with Crippen LogP contribution in [0.5, 0.6) is 5.75 Å². The second kappa shape index (κ2) is 10.2. The Hall–Kier alpha value is -3.96. The zero-order chi connectivity index (χ0) is 26.0. The summed E-state index contributed by atoms with van der Waals surface area (Å²) < 4.78 is 31.2. The fourth-order valence-electron chi connectivity index (χ4n) is 4.29. The Bertz CT molecular complexity index is 1530. The molecule has 1 saturated carbocycles. The zero-order valence-electron chi connectivity index (χ0n) is 19.6. The number of carbonyl (C=O) groups is 1. The fourth-order valence-corrected chi connectivity index (χ4v) is 5.40. The Morgan fingerprint density at radius 2 is 1.84 bits per heavy atom. The second-order valence-corrected chi connectivity index (χ2v) is 10.7. The molecule has 1 aromatic heterocycles. The summed E-state index contributed by atoms with van der Waals surface area (Å²) in [6.45, 7) is 0. The van der Waals surface area contributed by atoms with Gasteiger partial charge in [-0.3, -0.25) is 0 Å². The van der Waals surface area contributed by atoms with Crippen molar-refractivity contribution in [2.45, 2.75) is 36.6 Å². The number of aromatic nitrogens is 2. The zero-order valence-corrected chi connectivity index (χ0v) is 21.2. The number of hydrazine groups is 1. The van der Waals surface area contributed by atoms with E-state index in [2.05, 4.69) is 20.7 Å². The first kappa shape index (κ1) is 24.7. The summed E-state index contributed by atoms with van der Waals surface area (Å²) >= 11 is 6.09.